The van der Waals surface area contributed by atoms with E-state index in [0.29, 0.717) is 13.0 Å². The predicted molar refractivity (Wildman–Crippen MR) is 71.3 cm³/mol. The van der Waals surface area contributed by atoms with Crippen LogP contribution in [-0.4, -0.2) is 17.4 Å². The molecule has 0 saturated carbocycles. The molecular weight excluding hydrogens is 248 g/mol. The highest BCUT2D eigenvalue weighted by Gasteiger charge is 2.09. The second-order valence-corrected chi connectivity index (χ2v) is 4.58. The van der Waals surface area contributed by atoms with Gasteiger partial charge in [0.1, 0.15) is 0 Å². The number of carbonyl (C=O) groups is 1. The van der Waals surface area contributed by atoms with Crippen LogP contribution < -0.4 is 5.32 Å². The Bertz CT molecular complexity index is 517. The van der Waals surface area contributed by atoms with Crippen LogP contribution in [0.1, 0.15) is 12.1 Å². The summed E-state index contributed by atoms with van der Waals surface area (Å²) in [6.07, 6.45) is 4.46. The summed E-state index contributed by atoms with van der Waals surface area (Å²) in [5.41, 5.74) is 0.766. The van der Waals surface area contributed by atoms with Crippen LogP contribution in [0, 0.1) is 0 Å². The van der Waals surface area contributed by atoms with Gasteiger partial charge in [-0.1, -0.05) is 6.08 Å². The minimum Gasteiger partial charge on any atom is -0.462 e. The van der Waals surface area contributed by atoms with Crippen LogP contribution in [0.25, 0.3) is 10.8 Å². The molecule has 1 N–H and O–H groups in total. The molecule has 0 bridgehead atoms. The van der Waals surface area contributed by atoms with Crippen LogP contribution in [0.2, 0.25) is 0 Å². The van der Waals surface area contributed by atoms with E-state index in [2.05, 4.69) is 16.9 Å². The molecule has 0 aliphatic rings. The van der Waals surface area contributed by atoms with Gasteiger partial charge in [0.05, 0.1) is 18.4 Å². The molecule has 18 heavy (non-hydrogen) atoms. The van der Waals surface area contributed by atoms with Gasteiger partial charge in [0, 0.05) is 11.9 Å². The molecule has 2 rings (SSSR count). The lowest BCUT2D eigenvalue weighted by Crippen LogP contribution is -2.25. The van der Waals surface area contributed by atoms with Gasteiger partial charge in [0.25, 0.3) is 0 Å². The number of amides is 1. The van der Waals surface area contributed by atoms with E-state index in [9.17, 15) is 4.79 Å². The Kier molecular flexibility index (Phi) is 4.30. The Morgan fingerprint density at radius 2 is 2.50 bits per heavy atom. The first-order valence-electron chi connectivity index (χ1n) is 5.65. The SMILES string of the molecule is C=CCCNC(=O)Cc1csc(-c2ccco2)n1. The van der Waals surface area contributed by atoms with Gasteiger partial charge in [0.15, 0.2) is 10.8 Å². The van der Waals surface area contributed by atoms with Gasteiger partial charge < -0.3 is 9.73 Å². The number of hydrogen-bond acceptors (Lipinski definition) is 4. The van der Waals surface area contributed by atoms with Gasteiger partial charge in [0.2, 0.25) is 5.91 Å². The third kappa shape index (κ3) is 3.30. The minimum atomic E-state index is -0.0202. The summed E-state index contributed by atoms with van der Waals surface area (Å²) < 4.78 is 5.25. The van der Waals surface area contributed by atoms with Crippen LogP contribution in [0.3, 0.4) is 0 Å². The number of hydrogen-bond donors (Lipinski definition) is 1. The van der Waals surface area contributed by atoms with Gasteiger partial charge in [-0.25, -0.2) is 4.98 Å². The third-order valence-corrected chi connectivity index (χ3v) is 3.20. The van der Waals surface area contributed by atoms with Gasteiger partial charge >= 0.3 is 0 Å². The van der Waals surface area contributed by atoms with Crippen molar-refractivity contribution in [3.63, 3.8) is 0 Å². The normalized spacial score (nSPS) is 10.2. The molecule has 0 aliphatic heterocycles. The first-order chi connectivity index (χ1) is 8.79. The summed E-state index contributed by atoms with van der Waals surface area (Å²) in [7, 11) is 0. The molecule has 0 aliphatic carbocycles. The molecule has 94 valence electrons. The van der Waals surface area contributed by atoms with Crippen LogP contribution in [0.5, 0.6) is 0 Å². The molecule has 0 fully saturated rings. The highest BCUT2D eigenvalue weighted by molar-refractivity contribution is 7.13. The van der Waals surface area contributed by atoms with E-state index in [0.717, 1.165) is 22.9 Å². The Hall–Kier alpha value is -1.88. The number of aromatic nitrogens is 1. The molecule has 2 aromatic rings. The van der Waals surface area contributed by atoms with Crippen molar-refractivity contribution in [3.8, 4) is 10.8 Å². The molecule has 0 spiro atoms. The van der Waals surface area contributed by atoms with E-state index in [1.54, 1.807) is 12.3 Å². The molecule has 0 saturated heterocycles. The summed E-state index contributed by atoms with van der Waals surface area (Å²) >= 11 is 1.48. The zero-order valence-corrected chi connectivity index (χ0v) is 10.7. The molecule has 4 nitrogen and oxygen atoms in total. The number of nitrogens with one attached hydrogen (secondary N) is 1. The lowest BCUT2D eigenvalue weighted by Gasteiger charge is -2.00. The van der Waals surface area contributed by atoms with Gasteiger partial charge in [-0.2, -0.15) is 0 Å². The maximum absolute atomic E-state index is 11.6. The Morgan fingerprint density at radius 3 is 3.22 bits per heavy atom. The van der Waals surface area contributed by atoms with Gasteiger partial charge in [-0.15, -0.1) is 17.9 Å². The van der Waals surface area contributed by atoms with Gasteiger partial charge in [-0.05, 0) is 18.6 Å². The van der Waals surface area contributed by atoms with Crippen molar-refractivity contribution in [2.75, 3.05) is 6.54 Å². The van der Waals surface area contributed by atoms with Crippen LogP contribution in [0.15, 0.2) is 40.8 Å². The maximum Gasteiger partial charge on any atom is 0.226 e. The van der Waals surface area contributed by atoms with E-state index >= 15 is 0 Å². The smallest absolute Gasteiger partial charge is 0.226 e. The molecule has 1 amide bonds. The monoisotopic (exact) mass is 262 g/mol. The number of thiazole rings is 1. The van der Waals surface area contributed by atoms with Crippen molar-refractivity contribution in [3.05, 3.63) is 42.1 Å². The second-order valence-electron chi connectivity index (χ2n) is 3.73. The lowest BCUT2D eigenvalue weighted by atomic mass is 10.3. The highest BCUT2D eigenvalue weighted by atomic mass is 32.1. The average Bonchev–Trinajstić information content (AvgIpc) is 2.98. The molecule has 2 aromatic heterocycles. The first kappa shape index (κ1) is 12.6. The largest absolute Gasteiger partial charge is 0.462 e. The van der Waals surface area contributed by atoms with E-state index in [-0.39, 0.29) is 5.91 Å². The summed E-state index contributed by atoms with van der Waals surface area (Å²) in [4.78, 5) is 15.9. The molecular formula is C13H14N2O2S. The van der Waals surface area contributed by atoms with E-state index in [1.165, 1.54) is 11.3 Å². The Morgan fingerprint density at radius 1 is 1.61 bits per heavy atom. The van der Waals surface area contributed by atoms with E-state index in [1.807, 2.05) is 17.5 Å². The number of nitrogens with zero attached hydrogens (tertiary/aromatic N) is 1. The first-order valence-corrected chi connectivity index (χ1v) is 6.53. The van der Waals surface area contributed by atoms with Crippen LogP contribution >= 0.6 is 11.3 Å². The summed E-state index contributed by atoms with van der Waals surface area (Å²) in [5, 5.41) is 5.49. The fraction of sp³-hybridized carbons (Fsp3) is 0.231. The van der Waals surface area contributed by atoms with Gasteiger partial charge in [-0.3, -0.25) is 4.79 Å². The molecule has 5 heteroatoms. The van der Waals surface area contributed by atoms with Crippen molar-refractivity contribution in [2.24, 2.45) is 0 Å². The number of carbonyl (C=O) groups excluding carboxylic acids is 1. The van der Waals surface area contributed by atoms with E-state index < -0.39 is 0 Å². The zero-order valence-electron chi connectivity index (χ0n) is 9.89. The molecule has 2 heterocycles. The quantitative estimate of drug-likeness (QED) is 0.643. The summed E-state index contributed by atoms with van der Waals surface area (Å²) in [6.45, 7) is 4.22. The predicted octanol–water partition coefficient (Wildman–Crippen LogP) is 2.64. The summed E-state index contributed by atoms with van der Waals surface area (Å²) in [5.74, 6) is 0.714. The molecule has 0 unspecified atom stereocenters. The Balaban J connectivity index is 1.90. The fourth-order valence-electron chi connectivity index (χ4n) is 1.44. The van der Waals surface area contributed by atoms with Crippen molar-refractivity contribution >= 4 is 17.2 Å². The zero-order chi connectivity index (χ0) is 12.8. The van der Waals surface area contributed by atoms with Crippen LogP contribution in [-0.2, 0) is 11.2 Å². The number of furan rings is 1. The van der Waals surface area contributed by atoms with Crippen molar-refractivity contribution in [1.29, 1.82) is 0 Å². The maximum atomic E-state index is 11.6. The standard InChI is InChI=1S/C13H14N2O2S/c1-2-3-6-14-12(16)8-10-9-18-13(15-10)11-5-4-7-17-11/h2,4-5,7,9H,1,3,6,8H2,(H,14,16). The lowest BCUT2D eigenvalue weighted by molar-refractivity contribution is -0.120. The summed E-state index contributed by atoms with van der Waals surface area (Å²) in [6, 6.07) is 3.67. The number of rotatable bonds is 6. The topological polar surface area (TPSA) is 55.1 Å². The molecule has 0 radical (unpaired) electrons. The molecule has 0 atom stereocenters. The molecule has 0 aromatic carbocycles. The third-order valence-electron chi connectivity index (χ3n) is 2.30. The van der Waals surface area contributed by atoms with Crippen molar-refractivity contribution < 1.29 is 9.21 Å². The van der Waals surface area contributed by atoms with E-state index in [4.69, 9.17) is 4.42 Å². The van der Waals surface area contributed by atoms with Crippen molar-refractivity contribution in [1.82, 2.24) is 10.3 Å². The fourth-order valence-corrected chi connectivity index (χ4v) is 2.23. The Labute approximate surface area is 109 Å². The second kappa shape index (κ2) is 6.16. The van der Waals surface area contributed by atoms with Crippen LogP contribution in [0.4, 0.5) is 0 Å². The highest BCUT2D eigenvalue weighted by Crippen LogP contribution is 2.23. The minimum absolute atomic E-state index is 0.0202. The van der Waals surface area contributed by atoms with Crippen molar-refractivity contribution in [2.45, 2.75) is 12.8 Å². The average molecular weight is 262 g/mol.